The fourth-order valence-corrected chi connectivity index (χ4v) is 6.86. The number of hydrogen-bond donors (Lipinski definition) is 5. The lowest BCUT2D eigenvalue weighted by Gasteiger charge is -2.50. The molecule has 0 radical (unpaired) electrons. The molecule has 0 unspecified atom stereocenters. The van der Waals surface area contributed by atoms with E-state index in [0.29, 0.717) is 26.6 Å². The lowest BCUT2D eigenvalue weighted by atomic mass is 9.84. The summed E-state index contributed by atoms with van der Waals surface area (Å²) < 4.78 is 53.7. The maximum atomic E-state index is 14.2. The van der Waals surface area contributed by atoms with Gasteiger partial charge in [0.15, 0.2) is 16.9 Å². The summed E-state index contributed by atoms with van der Waals surface area (Å²) in [5, 5.41) is 17.1. The Hall–Kier alpha value is -6.42. The molecule has 0 spiro atoms. The van der Waals surface area contributed by atoms with Crippen LogP contribution >= 0.6 is 11.3 Å². The van der Waals surface area contributed by atoms with Gasteiger partial charge < -0.3 is 30.1 Å². The average molecular weight is 866 g/mol. The molecule has 6 N–H and O–H groups in total. The number of amides is 3. The van der Waals surface area contributed by atoms with Crippen molar-refractivity contribution in [2.45, 2.75) is 70.9 Å². The van der Waals surface area contributed by atoms with Gasteiger partial charge in [0.25, 0.3) is 17.9 Å². The number of nitrogen functional groups attached to an aromatic ring is 1. The first-order chi connectivity index (χ1) is 28.1. The number of hydroxylamine groups is 2. The van der Waals surface area contributed by atoms with Crippen molar-refractivity contribution in [2.24, 2.45) is 10.9 Å². The number of aromatic nitrogens is 1. The average Bonchev–Trinajstić information content (AvgIpc) is 3.54. The van der Waals surface area contributed by atoms with E-state index in [1.54, 1.807) is 88.4 Å². The maximum Gasteiger partial charge on any atom is 0.418 e. The Morgan fingerprint density at radius 3 is 2.12 bits per heavy atom. The highest BCUT2D eigenvalue weighted by Crippen LogP contribution is 2.33. The topological polar surface area (TPSA) is 271 Å². The Balaban J connectivity index is 1.52. The number of thiazole rings is 1. The van der Waals surface area contributed by atoms with Crippen molar-refractivity contribution in [3.05, 3.63) is 112 Å². The van der Waals surface area contributed by atoms with Gasteiger partial charge in [-0.15, -0.1) is 15.6 Å². The fourth-order valence-electron chi connectivity index (χ4n) is 5.61. The molecule has 1 fully saturated rings. The monoisotopic (exact) mass is 865 g/mol. The van der Waals surface area contributed by atoms with Crippen LogP contribution in [0, 0.1) is 12.3 Å². The van der Waals surface area contributed by atoms with Crippen LogP contribution in [0.1, 0.15) is 68.0 Å². The van der Waals surface area contributed by atoms with E-state index in [-0.39, 0.29) is 22.4 Å². The third-order valence-corrected chi connectivity index (χ3v) is 9.73. The molecule has 4 aromatic rings. The minimum atomic E-state index is -5.10. The Labute approximate surface area is 349 Å². The Bertz CT molecular complexity index is 2330. The largest absolute Gasteiger partial charge is 0.489 e. The number of anilines is 1. The van der Waals surface area contributed by atoms with E-state index in [4.69, 9.17) is 30.2 Å². The van der Waals surface area contributed by atoms with Gasteiger partial charge in [0.1, 0.15) is 35.5 Å². The number of nitrogens with one attached hydrogen (secondary N) is 3. The summed E-state index contributed by atoms with van der Waals surface area (Å²) in [6, 6.07) is 22.5. The van der Waals surface area contributed by atoms with Crippen LogP contribution in [0.5, 0.6) is 5.75 Å². The number of β-lactam (4-membered cyclic amide) rings is 1. The molecule has 60 heavy (non-hydrogen) atoms. The maximum absolute atomic E-state index is 14.2. The summed E-state index contributed by atoms with van der Waals surface area (Å²) in [5.74, 6) is -3.00. The Morgan fingerprint density at radius 2 is 1.60 bits per heavy atom. The molecule has 3 amide bonds. The van der Waals surface area contributed by atoms with Crippen molar-refractivity contribution in [3.8, 4) is 5.75 Å². The Kier molecular flexibility index (Phi) is 13.6. The van der Waals surface area contributed by atoms with Crippen LogP contribution < -0.4 is 21.1 Å². The standard InChI is InChI=1S/C39H43N7O12S2/c1-22-28(42-36(59-22)44-37(50)56-38(2,3)4)29(33(47)43-31-34(48)46(39(31,5)6)58-60(51,52)53)45-57-27(21-54-26-19-17-25(18-20-26)32(40)41)35(49)55-30(23-13-9-7-10-14-23)24-15-11-8-12-16-24/h7-20,27,30-31H,21H2,1-6H3,(H3,40,41)(H,43,47)(H,42,44,50)(H,51,52,53)/b45-29-/t27-,31+/m0/s1. The number of nitrogens with two attached hydrogens (primary N) is 1. The number of benzene rings is 3. The van der Waals surface area contributed by atoms with Gasteiger partial charge in [-0.1, -0.05) is 65.8 Å². The molecule has 21 heteroatoms. The number of oxime groups is 1. The molecule has 1 aliphatic heterocycles. The highest BCUT2D eigenvalue weighted by atomic mass is 32.3. The number of aryl methyl sites for hydroxylation is 1. The van der Waals surface area contributed by atoms with E-state index in [1.165, 1.54) is 38.1 Å². The number of carbonyl (C=O) groups is 4. The SMILES string of the molecule is Cc1sc(NC(=O)OC(C)(C)C)nc1/C(=N/O[C@@H](COc1ccc(C(=N)N)cc1)C(=O)OC(c1ccccc1)c1ccccc1)C(=O)N[C@@H]1C(=O)N(OS(=O)(=O)O)C1(C)C. The molecule has 0 saturated carbocycles. The normalized spacial score (nSPS) is 15.7. The van der Waals surface area contributed by atoms with Crippen LogP contribution in [-0.4, -0.2) is 88.3 Å². The van der Waals surface area contributed by atoms with E-state index in [1.807, 2.05) is 0 Å². The zero-order chi connectivity index (χ0) is 44.0. The van der Waals surface area contributed by atoms with Crippen LogP contribution in [0.15, 0.2) is 90.1 Å². The molecule has 5 rings (SSSR count). The van der Waals surface area contributed by atoms with Gasteiger partial charge in [0.05, 0.1) is 5.54 Å². The zero-order valence-electron chi connectivity index (χ0n) is 33.2. The first-order valence-electron chi connectivity index (χ1n) is 18.0. The quantitative estimate of drug-likeness (QED) is 0.0261. The van der Waals surface area contributed by atoms with Crippen LogP contribution in [-0.2, 0) is 43.4 Å². The van der Waals surface area contributed by atoms with Crippen LogP contribution in [0.25, 0.3) is 0 Å². The number of rotatable bonds is 16. The van der Waals surface area contributed by atoms with Crippen molar-refractivity contribution in [3.63, 3.8) is 0 Å². The summed E-state index contributed by atoms with van der Waals surface area (Å²) in [7, 11) is -5.10. The Morgan fingerprint density at radius 1 is 1.02 bits per heavy atom. The van der Waals surface area contributed by atoms with E-state index in [9.17, 15) is 32.1 Å². The number of ether oxygens (including phenoxy) is 3. The van der Waals surface area contributed by atoms with Gasteiger partial charge in [-0.25, -0.2) is 14.6 Å². The van der Waals surface area contributed by atoms with Gasteiger partial charge in [0, 0.05) is 10.4 Å². The third-order valence-electron chi connectivity index (χ3n) is 8.50. The van der Waals surface area contributed by atoms with E-state index in [2.05, 4.69) is 25.1 Å². The van der Waals surface area contributed by atoms with Crippen LogP contribution in [0.2, 0.25) is 0 Å². The van der Waals surface area contributed by atoms with Crippen LogP contribution in [0.4, 0.5) is 9.93 Å². The molecule has 1 saturated heterocycles. The van der Waals surface area contributed by atoms with E-state index >= 15 is 0 Å². The number of amidine groups is 1. The summed E-state index contributed by atoms with van der Waals surface area (Å²) in [4.78, 5) is 64.4. The first-order valence-corrected chi connectivity index (χ1v) is 20.2. The van der Waals surface area contributed by atoms with E-state index in [0.717, 1.165) is 11.3 Å². The van der Waals surface area contributed by atoms with Gasteiger partial charge in [0.2, 0.25) is 0 Å². The highest BCUT2D eigenvalue weighted by molar-refractivity contribution is 7.80. The molecule has 3 aromatic carbocycles. The summed E-state index contributed by atoms with van der Waals surface area (Å²) in [5.41, 5.74) is 4.17. The molecule has 318 valence electrons. The molecule has 2 atom stereocenters. The van der Waals surface area contributed by atoms with Gasteiger partial charge >= 0.3 is 22.5 Å². The van der Waals surface area contributed by atoms with Crippen molar-refractivity contribution in [1.29, 1.82) is 5.41 Å². The lowest BCUT2D eigenvalue weighted by molar-refractivity contribution is -0.218. The summed E-state index contributed by atoms with van der Waals surface area (Å²) in [6.07, 6.45) is -3.44. The molecular weight excluding hydrogens is 823 g/mol. The zero-order valence-corrected chi connectivity index (χ0v) is 34.8. The van der Waals surface area contributed by atoms with Crippen molar-refractivity contribution < 1.29 is 55.5 Å². The van der Waals surface area contributed by atoms with Crippen molar-refractivity contribution >= 4 is 62.3 Å². The predicted octanol–water partition coefficient (Wildman–Crippen LogP) is 4.42. The molecule has 0 bridgehead atoms. The van der Waals surface area contributed by atoms with E-state index < -0.39 is 76.0 Å². The second-order valence-electron chi connectivity index (χ2n) is 14.7. The summed E-state index contributed by atoms with van der Waals surface area (Å²) in [6.45, 7) is 8.74. The number of esters is 1. The molecular formula is C39H43N7O12S2. The molecule has 2 heterocycles. The smallest absolute Gasteiger partial charge is 0.418 e. The predicted molar refractivity (Wildman–Crippen MR) is 217 cm³/mol. The molecule has 0 aliphatic carbocycles. The minimum Gasteiger partial charge on any atom is -0.489 e. The first kappa shape index (κ1) is 44.7. The molecule has 19 nitrogen and oxygen atoms in total. The van der Waals surface area contributed by atoms with Crippen molar-refractivity contribution in [1.82, 2.24) is 15.4 Å². The van der Waals surface area contributed by atoms with Gasteiger partial charge in [-0.2, -0.15) is 13.5 Å². The number of carbonyl (C=O) groups excluding carboxylic acids is 4. The third kappa shape index (κ3) is 11.4. The highest BCUT2D eigenvalue weighted by Gasteiger charge is 2.58. The minimum absolute atomic E-state index is 0.00751. The molecule has 1 aromatic heterocycles. The van der Waals surface area contributed by atoms with Crippen molar-refractivity contribution in [2.75, 3.05) is 11.9 Å². The number of nitrogens with zero attached hydrogens (tertiary/aromatic N) is 3. The fraction of sp³-hybridized carbons (Fsp3) is 0.308. The second kappa shape index (κ2) is 18.2. The summed E-state index contributed by atoms with van der Waals surface area (Å²) >= 11 is 0.946. The molecule has 1 aliphatic rings. The van der Waals surface area contributed by atoms with Gasteiger partial charge in [-0.3, -0.25) is 24.9 Å². The second-order valence-corrected chi connectivity index (χ2v) is 16.9. The van der Waals surface area contributed by atoms with Crippen LogP contribution in [0.3, 0.4) is 0 Å². The lowest BCUT2D eigenvalue weighted by Crippen LogP contribution is -2.76. The number of hydrogen-bond acceptors (Lipinski definition) is 15. The van der Waals surface area contributed by atoms with Gasteiger partial charge in [-0.05, 0) is 76.9 Å².